The zero-order valence-electron chi connectivity index (χ0n) is 17.1. The largest absolute Gasteiger partial charge is 0.486 e. The highest BCUT2D eigenvalue weighted by Gasteiger charge is 2.28. The van der Waals surface area contributed by atoms with E-state index in [1.165, 1.54) is 6.42 Å². The molecule has 0 spiro atoms. The summed E-state index contributed by atoms with van der Waals surface area (Å²) in [7, 11) is 0. The Morgan fingerprint density at radius 3 is 2.79 bits per heavy atom. The number of thiazole rings is 1. The van der Waals surface area contributed by atoms with Crippen LogP contribution in [-0.2, 0) is 16.1 Å². The second-order valence-electron chi connectivity index (χ2n) is 7.66. The Hall–Kier alpha value is -2.41. The lowest BCUT2D eigenvalue weighted by atomic mass is 9.78. The maximum absolute atomic E-state index is 12.5. The first-order valence-electron chi connectivity index (χ1n) is 10.0. The number of carbonyl (C=O) groups is 2. The third-order valence-electron chi connectivity index (χ3n) is 5.54. The van der Waals surface area contributed by atoms with Gasteiger partial charge in [0.05, 0.1) is 10.7 Å². The van der Waals surface area contributed by atoms with E-state index in [1.807, 2.05) is 12.3 Å². The van der Waals surface area contributed by atoms with Gasteiger partial charge in [0.2, 0.25) is 0 Å². The van der Waals surface area contributed by atoms with E-state index in [4.69, 9.17) is 9.47 Å². The minimum absolute atomic E-state index is 0.141. The molecule has 2 aromatic rings. The Bertz CT molecular complexity index is 851. The number of hydrogen-bond acceptors (Lipinski definition) is 6. The Morgan fingerprint density at radius 2 is 2.03 bits per heavy atom. The lowest BCUT2D eigenvalue weighted by molar-refractivity contribution is -0.125. The summed E-state index contributed by atoms with van der Waals surface area (Å²) in [5, 5.41) is 5.90. The molecule has 1 aromatic heterocycles. The molecule has 0 unspecified atom stereocenters. The van der Waals surface area contributed by atoms with Crippen molar-refractivity contribution in [3.8, 4) is 5.75 Å². The minimum Gasteiger partial charge on any atom is -0.486 e. The fourth-order valence-corrected chi connectivity index (χ4v) is 4.23. The summed E-state index contributed by atoms with van der Waals surface area (Å²) in [6.45, 7) is 6.28. The predicted molar refractivity (Wildman–Crippen MR) is 112 cm³/mol. The van der Waals surface area contributed by atoms with Gasteiger partial charge in [0.15, 0.2) is 6.61 Å². The highest BCUT2D eigenvalue weighted by Crippen LogP contribution is 2.29. The molecular formula is C22H28N2O4S. The van der Waals surface area contributed by atoms with Crippen molar-refractivity contribution in [3.63, 3.8) is 0 Å². The average molecular weight is 417 g/mol. The smallest absolute Gasteiger partial charge is 0.342 e. The monoisotopic (exact) mass is 416 g/mol. The summed E-state index contributed by atoms with van der Waals surface area (Å²) in [4.78, 5) is 29.1. The number of nitrogens with one attached hydrogen (secondary N) is 1. The summed E-state index contributed by atoms with van der Waals surface area (Å²) in [5.74, 6) is 0.586. The molecule has 29 heavy (non-hydrogen) atoms. The fourth-order valence-electron chi connectivity index (χ4n) is 3.63. The zero-order chi connectivity index (χ0) is 20.8. The molecule has 1 fully saturated rings. The highest BCUT2D eigenvalue weighted by atomic mass is 32.1. The van der Waals surface area contributed by atoms with Gasteiger partial charge >= 0.3 is 5.97 Å². The molecule has 1 heterocycles. The summed E-state index contributed by atoms with van der Waals surface area (Å²) in [6.07, 6.45) is 3.28. The number of aromatic nitrogens is 1. The van der Waals surface area contributed by atoms with Crippen LogP contribution in [0.4, 0.5) is 0 Å². The van der Waals surface area contributed by atoms with Gasteiger partial charge in [-0.3, -0.25) is 4.79 Å². The van der Waals surface area contributed by atoms with Crippen molar-refractivity contribution in [1.29, 1.82) is 0 Å². The van der Waals surface area contributed by atoms with Crippen LogP contribution in [0.1, 0.15) is 54.2 Å². The van der Waals surface area contributed by atoms with Crippen LogP contribution < -0.4 is 10.1 Å². The molecule has 0 saturated heterocycles. The molecule has 1 aromatic carbocycles. The van der Waals surface area contributed by atoms with E-state index in [2.05, 4.69) is 24.1 Å². The van der Waals surface area contributed by atoms with Gasteiger partial charge in [-0.1, -0.05) is 38.8 Å². The fraction of sp³-hybridized carbons (Fsp3) is 0.500. The normalized spacial score (nSPS) is 21.4. The van der Waals surface area contributed by atoms with Crippen molar-refractivity contribution in [2.24, 2.45) is 11.8 Å². The van der Waals surface area contributed by atoms with Gasteiger partial charge in [0.1, 0.15) is 17.9 Å². The molecular weight excluding hydrogens is 388 g/mol. The lowest BCUT2D eigenvalue weighted by Crippen LogP contribution is -2.45. The van der Waals surface area contributed by atoms with E-state index in [9.17, 15) is 9.59 Å². The summed E-state index contributed by atoms with van der Waals surface area (Å²) in [5.41, 5.74) is 1.11. The first-order valence-corrected chi connectivity index (χ1v) is 10.9. The van der Waals surface area contributed by atoms with Crippen LogP contribution in [0.2, 0.25) is 0 Å². The molecule has 1 aliphatic rings. The van der Waals surface area contributed by atoms with E-state index >= 15 is 0 Å². The minimum atomic E-state index is -0.574. The molecule has 3 rings (SSSR count). The van der Waals surface area contributed by atoms with E-state index in [0.717, 1.165) is 23.5 Å². The van der Waals surface area contributed by atoms with Gasteiger partial charge in [-0.05, 0) is 37.3 Å². The van der Waals surface area contributed by atoms with Crippen molar-refractivity contribution in [3.05, 3.63) is 45.9 Å². The van der Waals surface area contributed by atoms with E-state index in [-0.39, 0.29) is 25.2 Å². The number of amides is 1. The molecule has 6 nitrogen and oxygen atoms in total. The topological polar surface area (TPSA) is 77.5 Å². The molecule has 156 valence electrons. The third kappa shape index (κ3) is 5.79. The lowest BCUT2D eigenvalue weighted by Gasteiger charge is -2.34. The Kier molecular flexibility index (Phi) is 7.25. The van der Waals surface area contributed by atoms with Crippen molar-refractivity contribution < 1.29 is 19.1 Å². The Labute approximate surface area is 175 Å². The first kappa shape index (κ1) is 21.3. The van der Waals surface area contributed by atoms with Crippen LogP contribution in [0.3, 0.4) is 0 Å². The van der Waals surface area contributed by atoms with E-state index in [0.29, 0.717) is 23.1 Å². The number of para-hydroxylation sites is 1. The van der Waals surface area contributed by atoms with Crippen LogP contribution in [0.15, 0.2) is 29.6 Å². The predicted octanol–water partition coefficient (Wildman–Crippen LogP) is 4.13. The van der Waals surface area contributed by atoms with E-state index in [1.54, 1.807) is 35.6 Å². The SMILES string of the molecule is Cc1nc(COc2ccccc2C(=O)OCC(=O)N[C@H]2CCC[C@@H](C)[C@@H]2C)cs1. The molecule has 0 radical (unpaired) electrons. The van der Waals surface area contributed by atoms with Gasteiger partial charge in [-0.25, -0.2) is 9.78 Å². The standard InChI is InChI=1S/C22H28N2O4S/c1-14-7-6-9-19(15(14)2)24-21(25)12-28-22(26)18-8-4-5-10-20(18)27-11-17-13-29-16(3)23-17/h4-5,8,10,13-15,19H,6-7,9,11-12H2,1-3H3,(H,24,25)/t14-,15+,19+/m1/s1. The van der Waals surface area contributed by atoms with Gasteiger partial charge < -0.3 is 14.8 Å². The molecule has 1 N–H and O–H groups in total. The van der Waals surface area contributed by atoms with Crippen molar-refractivity contribution in [2.45, 2.75) is 52.7 Å². The van der Waals surface area contributed by atoms with E-state index < -0.39 is 5.97 Å². The number of rotatable bonds is 7. The summed E-state index contributed by atoms with van der Waals surface area (Å²) in [6, 6.07) is 7.01. The van der Waals surface area contributed by atoms with Crippen LogP contribution in [-0.4, -0.2) is 29.5 Å². The second kappa shape index (κ2) is 9.87. The summed E-state index contributed by atoms with van der Waals surface area (Å²) < 4.78 is 11.0. The number of carbonyl (C=O) groups excluding carboxylic acids is 2. The summed E-state index contributed by atoms with van der Waals surface area (Å²) >= 11 is 1.55. The van der Waals surface area contributed by atoms with Crippen LogP contribution in [0, 0.1) is 18.8 Å². The number of nitrogens with zero attached hydrogens (tertiary/aromatic N) is 1. The van der Waals surface area contributed by atoms with Crippen molar-refractivity contribution in [1.82, 2.24) is 10.3 Å². The second-order valence-corrected chi connectivity index (χ2v) is 8.72. The maximum Gasteiger partial charge on any atom is 0.342 e. The van der Waals surface area contributed by atoms with Crippen LogP contribution >= 0.6 is 11.3 Å². The highest BCUT2D eigenvalue weighted by molar-refractivity contribution is 7.09. The Morgan fingerprint density at radius 1 is 1.24 bits per heavy atom. The quantitative estimate of drug-likeness (QED) is 0.687. The third-order valence-corrected chi connectivity index (χ3v) is 6.36. The Balaban J connectivity index is 1.53. The first-order chi connectivity index (χ1) is 13.9. The van der Waals surface area contributed by atoms with Crippen LogP contribution in [0.25, 0.3) is 0 Å². The number of esters is 1. The molecule has 0 aliphatic heterocycles. The number of aryl methyl sites for hydroxylation is 1. The number of hydrogen-bond donors (Lipinski definition) is 1. The van der Waals surface area contributed by atoms with Crippen molar-refractivity contribution >= 4 is 23.2 Å². The molecule has 0 bridgehead atoms. The molecule has 1 aliphatic carbocycles. The molecule has 1 saturated carbocycles. The molecule has 7 heteroatoms. The number of benzene rings is 1. The van der Waals surface area contributed by atoms with Gasteiger partial charge in [-0.2, -0.15) is 0 Å². The zero-order valence-corrected chi connectivity index (χ0v) is 18.0. The van der Waals surface area contributed by atoms with Gasteiger partial charge in [0.25, 0.3) is 5.91 Å². The van der Waals surface area contributed by atoms with Crippen LogP contribution in [0.5, 0.6) is 5.75 Å². The van der Waals surface area contributed by atoms with Gasteiger partial charge in [0, 0.05) is 11.4 Å². The maximum atomic E-state index is 12.5. The molecule has 1 amide bonds. The average Bonchev–Trinajstić information content (AvgIpc) is 3.13. The van der Waals surface area contributed by atoms with Gasteiger partial charge in [-0.15, -0.1) is 11.3 Å². The number of ether oxygens (including phenoxy) is 2. The molecule has 3 atom stereocenters. The van der Waals surface area contributed by atoms with Crippen molar-refractivity contribution in [2.75, 3.05) is 6.61 Å².